The number of aryl methyl sites for hydroxylation is 2. The van der Waals surface area contributed by atoms with Crippen molar-refractivity contribution >= 4 is 17.4 Å². The van der Waals surface area contributed by atoms with E-state index in [0.29, 0.717) is 19.7 Å². The van der Waals surface area contributed by atoms with Crippen LogP contribution in [0.25, 0.3) is 0 Å². The lowest BCUT2D eigenvalue weighted by molar-refractivity contribution is -0.0266. The molecule has 0 aliphatic carbocycles. The number of urea groups is 1. The van der Waals surface area contributed by atoms with Crippen LogP contribution in [0.15, 0.2) is 22.7 Å². The van der Waals surface area contributed by atoms with Gasteiger partial charge in [0.05, 0.1) is 19.2 Å². The van der Waals surface area contributed by atoms with E-state index in [4.69, 9.17) is 9.15 Å². The first-order chi connectivity index (χ1) is 11.6. The van der Waals surface area contributed by atoms with Crippen LogP contribution in [0.3, 0.4) is 0 Å². The number of ether oxygens (including phenoxy) is 1. The normalized spacial score (nSPS) is 19.3. The molecule has 24 heavy (non-hydrogen) atoms. The Balaban J connectivity index is 1.59. The minimum atomic E-state index is -0.208. The number of hydrogen-bond donors (Lipinski definition) is 1. The molecule has 0 radical (unpaired) electrons. The van der Waals surface area contributed by atoms with E-state index in [-0.39, 0.29) is 18.2 Å². The van der Waals surface area contributed by atoms with Gasteiger partial charge in [-0.2, -0.15) is 0 Å². The summed E-state index contributed by atoms with van der Waals surface area (Å²) >= 11 is 1.65. The van der Waals surface area contributed by atoms with Crippen LogP contribution in [0.5, 0.6) is 0 Å². The highest BCUT2D eigenvalue weighted by molar-refractivity contribution is 7.11. The maximum Gasteiger partial charge on any atom is 0.318 e. The lowest BCUT2D eigenvalue weighted by Gasteiger charge is -2.32. The highest BCUT2D eigenvalue weighted by Crippen LogP contribution is 2.25. The third-order valence-electron chi connectivity index (χ3n) is 4.06. The average molecular weight is 349 g/mol. The van der Waals surface area contributed by atoms with Gasteiger partial charge in [-0.25, -0.2) is 9.78 Å². The number of carbonyl (C=O) groups is 1. The lowest BCUT2D eigenvalue weighted by Crippen LogP contribution is -2.47. The largest absolute Gasteiger partial charge is 0.464 e. The van der Waals surface area contributed by atoms with Crippen LogP contribution in [0.4, 0.5) is 4.79 Å². The minimum absolute atomic E-state index is 0.0904. The fourth-order valence-corrected chi connectivity index (χ4v) is 3.52. The highest BCUT2D eigenvalue weighted by atomic mass is 32.1. The second-order valence-electron chi connectivity index (χ2n) is 5.94. The van der Waals surface area contributed by atoms with Gasteiger partial charge in [-0.05, 0) is 32.4 Å². The third-order valence-corrected chi connectivity index (χ3v) is 5.39. The molecule has 2 atom stereocenters. The van der Waals surface area contributed by atoms with Crippen molar-refractivity contribution in [3.05, 3.63) is 39.7 Å². The standard InChI is InChI=1S/C17H23N3O3S/c1-4-13-9-18-16(24-13)12(3)19-17(21)20-7-8-22-15(10-20)14-6-5-11(2)23-14/h5-6,9,12,15H,4,7-8,10H2,1-3H3,(H,19,21)/t12-,15-/m1/s1. The second kappa shape index (κ2) is 7.36. The van der Waals surface area contributed by atoms with Gasteiger partial charge in [-0.1, -0.05) is 6.92 Å². The van der Waals surface area contributed by atoms with Crippen LogP contribution in [-0.4, -0.2) is 35.6 Å². The molecule has 0 saturated carbocycles. The van der Waals surface area contributed by atoms with Crippen molar-refractivity contribution in [2.24, 2.45) is 0 Å². The number of nitrogens with one attached hydrogen (secondary N) is 1. The number of aromatic nitrogens is 1. The first-order valence-electron chi connectivity index (χ1n) is 8.24. The summed E-state index contributed by atoms with van der Waals surface area (Å²) < 4.78 is 11.4. The van der Waals surface area contributed by atoms with Gasteiger partial charge >= 0.3 is 6.03 Å². The maximum atomic E-state index is 12.5. The molecule has 2 aromatic rings. The van der Waals surface area contributed by atoms with Crippen molar-refractivity contribution in [1.29, 1.82) is 0 Å². The molecule has 2 amide bonds. The van der Waals surface area contributed by atoms with Gasteiger partial charge < -0.3 is 19.4 Å². The fraction of sp³-hybridized carbons (Fsp3) is 0.529. The molecule has 3 heterocycles. The molecule has 6 nitrogen and oxygen atoms in total. The Morgan fingerprint density at radius 2 is 2.38 bits per heavy atom. The summed E-state index contributed by atoms with van der Waals surface area (Å²) in [6.07, 6.45) is 2.64. The molecule has 130 valence electrons. The van der Waals surface area contributed by atoms with E-state index in [1.165, 1.54) is 4.88 Å². The van der Waals surface area contributed by atoms with E-state index in [1.54, 1.807) is 16.2 Å². The summed E-state index contributed by atoms with van der Waals surface area (Å²) in [7, 11) is 0. The average Bonchev–Trinajstić information content (AvgIpc) is 3.23. The maximum absolute atomic E-state index is 12.5. The van der Waals surface area contributed by atoms with Crippen LogP contribution in [-0.2, 0) is 11.2 Å². The Bertz CT molecular complexity index is 697. The fourth-order valence-electron chi connectivity index (χ4n) is 2.66. The third kappa shape index (κ3) is 3.79. The van der Waals surface area contributed by atoms with Gasteiger partial charge in [-0.3, -0.25) is 0 Å². The van der Waals surface area contributed by atoms with Crippen molar-refractivity contribution in [3.63, 3.8) is 0 Å². The molecule has 0 aromatic carbocycles. The first kappa shape index (κ1) is 17.0. The Hall–Kier alpha value is -1.86. The van der Waals surface area contributed by atoms with Crippen LogP contribution in [0.1, 0.15) is 47.4 Å². The number of hydrogen-bond acceptors (Lipinski definition) is 5. The molecule has 7 heteroatoms. The molecule has 1 saturated heterocycles. The van der Waals surface area contributed by atoms with E-state index in [0.717, 1.165) is 22.9 Å². The molecule has 0 unspecified atom stereocenters. The zero-order valence-corrected chi connectivity index (χ0v) is 15.1. The summed E-state index contributed by atoms with van der Waals surface area (Å²) in [5, 5.41) is 3.97. The van der Waals surface area contributed by atoms with E-state index < -0.39 is 0 Å². The molecule has 1 N–H and O–H groups in total. The number of nitrogens with zero attached hydrogens (tertiary/aromatic N) is 2. The Kier molecular flexibility index (Phi) is 5.20. The summed E-state index contributed by atoms with van der Waals surface area (Å²) in [6, 6.07) is 3.63. The van der Waals surface area contributed by atoms with E-state index >= 15 is 0 Å². The Morgan fingerprint density at radius 3 is 3.04 bits per heavy atom. The van der Waals surface area contributed by atoms with Crippen LogP contribution in [0, 0.1) is 6.92 Å². The SMILES string of the molecule is CCc1cnc([C@@H](C)NC(=O)N2CCO[C@@H](c3ccc(C)o3)C2)s1. The summed E-state index contributed by atoms with van der Waals surface area (Å²) in [5.74, 6) is 1.62. The highest BCUT2D eigenvalue weighted by Gasteiger charge is 2.28. The van der Waals surface area contributed by atoms with Gasteiger partial charge in [0.25, 0.3) is 0 Å². The van der Waals surface area contributed by atoms with Gasteiger partial charge in [0.15, 0.2) is 0 Å². The number of rotatable bonds is 4. The molecule has 0 bridgehead atoms. The van der Waals surface area contributed by atoms with E-state index in [2.05, 4.69) is 17.2 Å². The van der Waals surface area contributed by atoms with Crippen molar-refractivity contribution in [2.75, 3.05) is 19.7 Å². The Morgan fingerprint density at radius 1 is 1.54 bits per heavy atom. The zero-order chi connectivity index (χ0) is 17.1. The van der Waals surface area contributed by atoms with Crippen molar-refractivity contribution in [3.8, 4) is 0 Å². The van der Waals surface area contributed by atoms with Gasteiger partial charge in [-0.15, -0.1) is 11.3 Å². The van der Waals surface area contributed by atoms with Crippen molar-refractivity contribution in [2.45, 2.75) is 39.3 Å². The Labute approximate surface area is 145 Å². The second-order valence-corrected chi connectivity index (χ2v) is 7.09. The lowest BCUT2D eigenvalue weighted by atomic mass is 10.2. The molecule has 1 aliphatic rings. The predicted octanol–water partition coefficient (Wildman–Crippen LogP) is 3.45. The van der Waals surface area contributed by atoms with Crippen LogP contribution >= 0.6 is 11.3 Å². The molecule has 3 rings (SSSR count). The van der Waals surface area contributed by atoms with E-state index in [1.807, 2.05) is 32.2 Å². The van der Waals surface area contributed by atoms with Crippen molar-refractivity contribution in [1.82, 2.24) is 15.2 Å². The number of amides is 2. The molecule has 2 aromatic heterocycles. The quantitative estimate of drug-likeness (QED) is 0.918. The van der Waals surface area contributed by atoms with Gasteiger partial charge in [0.1, 0.15) is 22.6 Å². The summed E-state index contributed by atoms with van der Waals surface area (Å²) in [4.78, 5) is 19.9. The molecule has 1 fully saturated rings. The van der Waals surface area contributed by atoms with Crippen LogP contribution < -0.4 is 5.32 Å². The monoisotopic (exact) mass is 349 g/mol. The predicted molar refractivity (Wildman–Crippen MR) is 92.1 cm³/mol. The zero-order valence-electron chi connectivity index (χ0n) is 14.2. The van der Waals surface area contributed by atoms with E-state index in [9.17, 15) is 4.79 Å². The molecule has 1 aliphatic heterocycles. The van der Waals surface area contributed by atoms with Gasteiger partial charge in [0, 0.05) is 17.6 Å². The molecular weight excluding hydrogens is 326 g/mol. The molecular formula is C17H23N3O3S. The summed E-state index contributed by atoms with van der Waals surface area (Å²) in [6.45, 7) is 7.53. The van der Waals surface area contributed by atoms with Gasteiger partial charge in [0.2, 0.25) is 0 Å². The first-order valence-corrected chi connectivity index (χ1v) is 9.06. The number of thiazole rings is 1. The van der Waals surface area contributed by atoms with Crippen LogP contribution in [0.2, 0.25) is 0 Å². The topological polar surface area (TPSA) is 67.6 Å². The van der Waals surface area contributed by atoms with Crippen molar-refractivity contribution < 1.29 is 13.9 Å². The number of carbonyl (C=O) groups excluding carboxylic acids is 1. The number of furan rings is 1. The summed E-state index contributed by atoms with van der Waals surface area (Å²) in [5.41, 5.74) is 0. The number of morpholine rings is 1. The minimum Gasteiger partial charge on any atom is -0.464 e. The molecule has 0 spiro atoms. The smallest absolute Gasteiger partial charge is 0.318 e.